The average Bonchev–Trinajstić information content (AvgIpc) is 1.64. The van der Waals surface area contributed by atoms with Crippen molar-refractivity contribution in [2.75, 3.05) is 0 Å². The second-order valence-electron chi connectivity index (χ2n) is 1.69. The third kappa shape index (κ3) is 5.01. The summed E-state index contributed by atoms with van der Waals surface area (Å²) in [6, 6.07) is 1.76. The Labute approximate surface area is 111 Å². The van der Waals surface area contributed by atoms with Crippen molar-refractivity contribution in [2.45, 2.75) is 13.8 Å². The summed E-state index contributed by atoms with van der Waals surface area (Å²) in [4.78, 5) is 7.84. The molecule has 2 nitrogen and oxygen atoms in total. The molecule has 1 rings (SSSR count). The van der Waals surface area contributed by atoms with Gasteiger partial charge in [0.25, 0.3) is 0 Å². The molecule has 0 N–H and O–H groups in total. The first-order valence-electron chi connectivity index (χ1n) is 2.47. The summed E-state index contributed by atoms with van der Waals surface area (Å²) in [6.45, 7) is 3.77. The number of hydrogen-bond donors (Lipinski definition) is 0. The van der Waals surface area contributed by atoms with Crippen LogP contribution in [-0.2, 0) is 65.4 Å². The second-order valence-corrected chi connectivity index (χ2v) is 1.69. The molecule has 0 saturated carbocycles. The Hall–Kier alpha value is 1.29. The van der Waals surface area contributed by atoms with Crippen LogP contribution in [0.2, 0.25) is 0 Å². The van der Waals surface area contributed by atoms with Crippen molar-refractivity contribution in [3.8, 4) is 0 Å². The molecule has 0 amide bonds. The molecule has 0 bridgehead atoms. The SMILES string of the molecule is Cc1c[c-]nc(C)n1.[Y].[Y]. The molecule has 0 saturated heterocycles. The molecule has 4 heteroatoms. The van der Waals surface area contributed by atoms with Crippen LogP contribution in [0.5, 0.6) is 0 Å². The van der Waals surface area contributed by atoms with Crippen LogP contribution in [0.4, 0.5) is 0 Å². The van der Waals surface area contributed by atoms with Crippen LogP contribution in [0.3, 0.4) is 0 Å². The van der Waals surface area contributed by atoms with Gasteiger partial charge in [-0.25, -0.2) is 0 Å². The van der Waals surface area contributed by atoms with E-state index in [0.717, 1.165) is 11.5 Å². The number of rotatable bonds is 0. The fourth-order valence-corrected chi connectivity index (χ4v) is 0.532. The summed E-state index contributed by atoms with van der Waals surface area (Å²) < 4.78 is 0. The van der Waals surface area contributed by atoms with Crippen LogP contribution in [0, 0.1) is 20.0 Å². The van der Waals surface area contributed by atoms with Gasteiger partial charge in [0.05, 0.1) is 0 Å². The fourth-order valence-electron chi connectivity index (χ4n) is 0.532. The van der Waals surface area contributed by atoms with Crippen LogP contribution < -0.4 is 0 Å². The Balaban J connectivity index is 0. The molecule has 0 aliphatic heterocycles. The predicted octanol–water partition coefficient (Wildman–Crippen LogP) is 0.889. The Morgan fingerprint density at radius 3 is 2.20 bits per heavy atom. The monoisotopic (exact) mass is 285 g/mol. The molecule has 0 aromatic carbocycles. The Bertz CT molecular complexity index is 174. The van der Waals surface area contributed by atoms with Crippen molar-refractivity contribution in [1.82, 2.24) is 9.97 Å². The Morgan fingerprint density at radius 2 is 1.90 bits per heavy atom. The zero-order valence-electron chi connectivity index (χ0n) is 6.13. The zero-order valence-corrected chi connectivity index (χ0v) is 11.8. The van der Waals surface area contributed by atoms with Gasteiger partial charge >= 0.3 is 0 Å². The first-order valence-corrected chi connectivity index (χ1v) is 2.47. The summed E-state index contributed by atoms with van der Waals surface area (Å²) in [6.07, 6.45) is 2.72. The van der Waals surface area contributed by atoms with Gasteiger partial charge in [-0.1, -0.05) is 25.7 Å². The smallest absolute Gasteiger partial charge is 0.0106 e. The van der Waals surface area contributed by atoms with Gasteiger partial charge in [-0.15, -0.1) is 6.07 Å². The topological polar surface area (TPSA) is 25.8 Å². The van der Waals surface area contributed by atoms with Crippen LogP contribution in [0.15, 0.2) is 6.07 Å². The summed E-state index contributed by atoms with van der Waals surface area (Å²) in [5.41, 5.74) is 0.970. The number of nitrogens with zero attached hydrogens (tertiary/aromatic N) is 2. The van der Waals surface area contributed by atoms with Crippen molar-refractivity contribution >= 4 is 0 Å². The molecule has 1 aromatic heterocycles. The van der Waals surface area contributed by atoms with Gasteiger partial charge in [0, 0.05) is 71.2 Å². The molecule has 0 atom stereocenters. The molecule has 0 aliphatic rings. The second kappa shape index (κ2) is 6.97. The molecular weight excluding hydrogens is 278 g/mol. The van der Waals surface area contributed by atoms with E-state index in [1.165, 1.54) is 0 Å². The average molecular weight is 285 g/mol. The van der Waals surface area contributed by atoms with Gasteiger partial charge in [0.2, 0.25) is 0 Å². The normalized spacial score (nSPS) is 7.40. The van der Waals surface area contributed by atoms with E-state index in [0.29, 0.717) is 0 Å². The van der Waals surface area contributed by atoms with Crippen molar-refractivity contribution in [1.29, 1.82) is 0 Å². The standard InChI is InChI=1S/C6H7N2.2Y/c1-5-3-4-7-6(2)8-5;;/h3H,1-2H3;;/q-1;;. The fraction of sp³-hybridized carbons (Fsp3) is 0.333. The van der Waals surface area contributed by atoms with Crippen LogP contribution in [-0.4, -0.2) is 9.97 Å². The van der Waals surface area contributed by atoms with Crippen LogP contribution in [0.25, 0.3) is 0 Å². The van der Waals surface area contributed by atoms with Crippen molar-refractivity contribution in [3.05, 3.63) is 23.8 Å². The molecule has 1 aromatic rings. The van der Waals surface area contributed by atoms with Crippen LogP contribution >= 0.6 is 0 Å². The van der Waals surface area contributed by atoms with E-state index in [2.05, 4.69) is 16.2 Å². The van der Waals surface area contributed by atoms with Gasteiger partial charge in [-0.2, -0.15) is 0 Å². The molecular formula is C6H7N2Y2-. The number of hydrogen-bond acceptors (Lipinski definition) is 2. The molecule has 48 valence electrons. The van der Waals surface area contributed by atoms with Crippen molar-refractivity contribution in [2.24, 2.45) is 0 Å². The minimum atomic E-state index is 0. The molecule has 10 heavy (non-hydrogen) atoms. The van der Waals surface area contributed by atoms with Gasteiger partial charge in [0.15, 0.2) is 0 Å². The molecule has 2 radical (unpaired) electrons. The summed E-state index contributed by atoms with van der Waals surface area (Å²) in [5, 5.41) is 0. The maximum absolute atomic E-state index is 4.03. The maximum atomic E-state index is 4.03. The van der Waals surface area contributed by atoms with Crippen molar-refractivity contribution < 1.29 is 65.4 Å². The molecule has 0 fully saturated rings. The van der Waals surface area contributed by atoms with Gasteiger partial charge < -0.3 is 9.97 Å². The summed E-state index contributed by atoms with van der Waals surface area (Å²) in [5.74, 6) is 0.782. The van der Waals surface area contributed by atoms with E-state index in [1.54, 1.807) is 6.07 Å². The first-order chi connectivity index (χ1) is 3.79. The molecule has 0 spiro atoms. The quantitative estimate of drug-likeness (QED) is 0.662. The summed E-state index contributed by atoms with van der Waals surface area (Å²) in [7, 11) is 0. The van der Waals surface area contributed by atoms with Crippen molar-refractivity contribution in [3.63, 3.8) is 0 Å². The number of aryl methyl sites for hydroxylation is 2. The van der Waals surface area contributed by atoms with E-state index in [9.17, 15) is 0 Å². The minimum Gasteiger partial charge on any atom is -0.373 e. The van der Waals surface area contributed by atoms with Crippen LogP contribution in [0.1, 0.15) is 11.5 Å². The van der Waals surface area contributed by atoms with E-state index in [1.807, 2.05) is 13.8 Å². The van der Waals surface area contributed by atoms with E-state index < -0.39 is 0 Å². The van der Waals surface area contributed by atoms with E-state index in [-0.39, 0.29) is 65.4 Å². The zero-order chi connectivity index (χ0) is 5.98. The number of aromatic nitrogens is 2. The Kier molecular flexibility index (Phi) is 9.65. The minimum absolute atomic E-state index is 0. The third-order valence-corrected chi connectivity index (χ3v) is 0.838. The van der Waals surface area contributed by atoms with Gasteiger partial charge in [-0.05, 0) is 0 Å². The Morgan fingerprint density at radius 1 is 1.30 bits per heavy atom. The largest absolute Gasteiger partial charge is 0.373 e. The summed E-state index contributed by atoms with van der Waals surface area (Å²) >= 11 is 0. The predicted molar refractivity (Wildman–Crippen MR) is 30.3 cm³/mol. The molecule has 0 unspecified atom stereocenters. The maximum Gasteiger partial charge on any atom is 0.0106 e. The third-order valence-electron chi connectivity index (χ3n) is 0.838. The first kappa shape index (κ1) is 13.8. The van der Waals surface area contributed by atoms with Gasteiger partial charge in [-0.3, -0.25) is 0 Å². The van der Waals surface area contributed by atoms with Gasteiger partial charge in [0.1, 0.15) is 0 Å². The molecule has 1 heterocycles. The molecule has 0 aliphatic carbocycles. The van der Waals surface area contributed by atoms with E-state index >= 15 is 0 Å². The van der Waals surface area contributed by atoms with E-state index in [4.69, 9.17) is 0 Å².